The molecule has 1 aromatic carbocycles. The Hall–Kier alpha value is -0.870. The van der Waals surface area contributed by atoms with E-state index in [9.17, 15) is 21.6 Å². The van der Waals surface area contributed by atoms with Crippen LogP contribution in [0.15, 0.2) is 17.0 Å². The molecule has 2 aliphatic heterocycles. The first-order valence-corrected chi connectivity index (χ1v) is 8.93. The molecule has 10 heteroatoms. The number of halogens is 4. The summed E-state index contributed by atoms with van der Waals surface area (Å²) in [6.07, 6.45) is 0.615. The van der Waals surface area contributed by atoms with Gasteiger partial charge in [-0.3, -0.25) is 4.90 Å². The lowest BCUT2D eigenvalue weighted by Gasteiger charge is -2.32. The van der Waals surface area contributed by atoms with Crippen LogP contribution in [0.3, 0.4) is 0 Å². The summed E-state index contributed by atoms with van der Waals surface area (Å²) in [5.41, 5.74) is 0. The summed E-state index contributed by atoms with van der Waals surface area (Å²) in [5.74, 6) is -3.93. The molecule has 1 aromatic rings. The van der Waals surface area contributed by atoms with E-state index in [1.807, 2.05) is 0 Å². The van der Waals surface area contributed by atoms with Gasteiger partial charge in [0.25, 0.3) is 0 Å². The normalized spacial score (nSPS) is 23.2. The summed E-state index contributed by atoms with van der Waals surface area (Å²) in [4.78, 5) is 1.11. The van der Waals surface area contributed by atoms with Crippen molar-refractivity contribution < 1.29 is 21.6 Å². The van der Waals surface area contributed by atoms with Gasteiger partial charge in [0.15, 0.2) is 4.90 Å². The van der Waals surface area contributed by atoms with E-state index in [0.717, 1.165) is 30.5 Å². The quantitative estimate of drug-likeness (QED) is 0.849. The number of hydrogen-bond acceptors (Lipinski definition) is 4. The summed E-state index contributed by atoms with van der Waals surface area (Å²) < 4.78 is 66.7. The first-order valence-electron chi connectivity index (χ1n) is 7.49. The standard InChI is InChI=1S/C14H18F3N3O2S.ClH/c15-10-7-12(16)14(13(17)8-10)23(21,22)20-4-1-11(9-20)19-5-2-18-3-6-19;/h7-8,11,18H,1-6,9H2;1H. The molecule has 0 amide bonds. The first kappa shape index (κ1) is 19.5. The predicted octanol–water partition coefficient (Wildman–Crippen LogP) is 1.19. The van der Waals surface area contributed by atoms with E-state index >= 15 is 0 Å². The van der Waals surface area contributed by atoms with E-state index < -0.39 is 32.4 Å². The number of nitrogens with one attached hydrogen (secondary N) is 1. The van der Waals surface area contributed by atoms with Crippen molar-refractivity contribution in [3.05, 3.63) is 29.6 Å². The van der Waals surface area contributed by atoms with Crippen LogP contribution < -0.4 is 5.32 Å². The topological polar surface area (TPSA) is 52.7 Å². The number of piperazine rings is 1. The summed E-state index contributed by atoms with van der Waals surface area (Å²) in [7, 11) is -4.31. The van der Waals surface area contributed by atoms with Gasteiger partial charge >= 0.3 is 0 Å². The van der Waals surface area contributed by atoms with Gasteiger partial charge in [-0.25, -0.2) is 21.6 Å². The molecule has 24 heavy (non-hydrogen) atoms. The number of benzene rings is 1. The summed E-state index contributed by atoms with van der Waals surface area (Å²) in [6, 6.07) is 0.818. The molecular weight excluding hydrogens is 367 g/mol. The molecule has 0 saturated carbocycles. The first-order chi connectivity index (χ1) is 10.9. The zero-order chi connectivity index (χ0) is 16.6. The highest BCUT2D eigenvalue weighted by molar-refractivity contribution is 7.89. The van der Waals surface area contributed by atoms with E-state index in [1.165, 1.54) is 0 Å². The fourth-order valence-electron chi connectivity index (χ4n) is 3.18. The lowest BCUT2D eigenvalue weighted by Crippen LogP contribution is -2.49. The molecule has 0 radical (unpaired) electrons. The van der Waals surface area contributed by atoms with Gasteiger partial charge in [-0.15, -0.1) is 12.4 Å². The van der Waals surface area contributed by atoms with Crippen LogP contribution in [-0.2, 0) is 10.0 Å². The molecule has 0 aliphatic carbocycles. The largest absolute Gasteiger partial charge is 0.314 e. The van der Waals surface area contributed by atoms with Crippen molar-refractivity contribution in [2.24, 2.45) is 0 Å². The highest BCUT2D eigenvalue weighted by Crippen LogP contribution is 2.28. The maximum absolute atomic E-state index is 13.8. The Bertz CT molecular complexity index is 676. The van der Waals surface area contributed by atoms with Crippen molar-refractivity contribution in [3.63, 3.8) is 0 Å². The minimum absolute atomic E-state index is 0. The second-order valence-corrected chi connectivity index (χ2v) is 7.66. The summed E-state index contributed by atoms with van der Waals surface area (Å²) >= 11 is 0. The van der Waals surface area contributed by atoms with Crippen LogP contribution in [0, 0.1) is 17.5 Å². The molecule has 2 aliphatic rings. The van der Waals surface area contributed by atoms with Crippen LogP contribution in [0.1, 0.15) is 6.42 Å². The molecule has 1 unspecified atom stereocenters. The molecule has 136 valence electrons. The van der Waals surface area contributed by atoms with Gasteiger partial charge in [0.2, 0.25) is 10.0 Å². The van der Waals surface area contributed by atoms with Crippen molar-refractivity contribution in [1.29, 1.82) is 0 Å². The second kappa shape index (κ2) is 7.57. The number of sulfonamides is 1. The average molecular weight is 386 g/mol. The van der Waals surface area contributed by atoms with Crippen LogP contribution >= 0.6 is 12.4 Å². The molecule has 0 aromatic heterocycles. The summed E-state index contributed by atoms with van der Waals surface area (Å²) in [5, 5.41) is 3.22. The van der Waals surface area contributed by atoms with Crippen molar-refractivity contribution in [1.82, 2.24) is 14.5 Å². The van der Waals surface area contributed by atoms with E-state index in [0.29, 0.717) is 18.6 Å². The highest BCUT2D eigenvalue weighted by atomic mass is 35.5. The molecule has 1 atom stereocenters. The maximum atomic E-state index is 13.8. The van der Waals surface area contributed by atoms with Gasteiger partial charge in [-0.05, 0) is 6.42 Å². The van der Waals surface area contributed by atoms with Gasteiger partial charge < -0.3 is 5.32 Å². The van der Waals surface area contributed by atoms with E-state index in [4.69, 9.17) is 0 Å². The third-order valence-corrected chi connectivity index (χ3v) is 6.27. The Morgan fingerprint density at radius 3 is 2.21 bits per heavy atom. The zero-order valence-corrected chi connectivity index (χ0v) is 14.5. The van der Waals surface area contributed by atoms with Crippen molar-refractivity contribution in [2.75, 3.05) is 39.3 Å². The van der Waals surface area contributed by atoms with Crippen LogP contribution in [0.25, 0.3) is 0 Å². The SMILES string of the molecule is Cl.O=S(=O)(c1c(F)cc(F)cc1F)N1CCC(N2CCNCC2)C1. The fraction of sp³-hybridized carbons (Fsp3) is 0.571. The molecule has 0 spiro atoms. The molecule has 1 N–H and O–H groups in total. The third kappa shape index (κ3) is 3.70. The van der Waals surface area contributed by atoms with E-state index in [2.05, 4.69) is 10.2 Å². The Morgan fingerprint density at radius 2 is 1.62 bits per heavy atom. The summed E-state index contributed by atoms with van der Waals surface area (Å²) in [6.45, 7) is 3.70. The Kier molecular flexibility index (Phi) is 6.14. The van der Waals surface area contributed by atoms with Gasteiger partial charge in [0.1, 0.15) is 17.5 Å². The lowest BCUT2D eigenvalue weighted by atomic mass is 10.2. The van der Waals surface area contributed by atoms with Gasteiger partial charge in [-0.1, -0.05) is 0 Å². The molecular formula is C14H19ClF3N3O2S. The number of nitrogens with zero attached hydrogens (tertiary/aromatic N) is 2. The van der Waals surface area contributed by atoms with E-state index in [1.54, 1.807) is 0 Å². The van der Waals surface area contributed by atoms with Crippen LogP contribution in [0.5, 0.6) is 0 Å². The third-order valence-electron chi connectivity index (χ3n) is 4.36. The lowest BCUT2D eigenvalue weighted by molar-refractivity contribution is 0.179. The highest BCUT2D eigenvalue weighted by Gasteiger charge is 2.38. The number of hydrogen-bond donors (Lipinski definition) is 1. The molecule has 3 rings (SSSR count). The van der Waals surface area contributed by atoms with Gasteiger partial charge in [0.05, 0.1) is 0 Å². The Balaban J connectivity index is 0.00000208. The van der Waals surface area contributed by atoms with Crippen molar-refractivity contribution in [3.8, 4) is 0 Å². The molecule has 5 nitrogen and oxygen atoms in total. The second-order valence-electron chi connectivity index (χ2n) is 5.79. The van der Waals surface area contributed by atoms with Crippen LogP contribution in [0.4, 0.5) is 13.2 Å². The minimum Gasteiger partial charge on any atom is -0.314 e. The predicted molar refractivity (Wildman–Crippen MR) is 85.2 cm³/mol. The zero-order valence-electron chi connectivity index (χ0n) is 12.8. The van der Waals surface area contributed by atoms with E-state index in [-0.39, 0.29) is 31.5 Å². The monoisotopic (exact) mass is 385 g/mol. The molecule has 2 saturated heterocycles. The van der Waals surface area contributed by atoms with Gasteiger partial charge in [-0.2, -0.15) is 4.31 Å². The van der Waals surface area contributed by atoms with Crippen LogP contribution in [-0.4, -0.2) is 62.9 Å². The van der Waals surface area contributed by atoms with Crippen molar-refractivity contribution in [2.45, 2.75) is 17.4 Å². The van der Waals surface area contributed by atoms with Crippen molar-refractivity contribution >= 4 is 22.4 Å². The number of rotatable bonds is 3. The van der Waals surface area contributed by atoms with Crippen LogP contribution in [0.2, 0.25) is 0 Å². The Morgan fingerprint density at radius 1 is 1.04 bits per heavy atom. The molecule has 0 bridgehead atoms. The average Bonchev–Trinajstić information content (AvgIpc) is 2.97. The molecule has 2 heterocycles. The maximum Gasteiger partial charge on any atom is 0.248 e. The van der Waals surface area contributed by atoms with Gasteiger partial charge in [0, 0.05) is 57.4 Å². The fourth-order valence-corrected chi connectivity index (χ4v) is 4.76. The Labute approximate surface area is 145 Å². The smallest absolute Gasteiger partial charge is 0.248 e. The minimum atomic E-state index is -4.31. The molecule has 2 fully saturated rings.